The molecule has 0 heterocycles. The molecule has 56 heavy (non-hydrogen) atoms. The maximum absolute atomic E-state index is 12.8. The molecule has 3 unspecified atom stereocenters. The molecule has 0 aliphatic heterocycles. The largest absolute Gasteiger partial charge is 0.462 e. The van der Waals surface area contributed by atoms with Gasteiger partial charge in [-0.3, -0.25) is 14.4 Å². The molecule has 0 fully saturated rings. The van der Waals surface area contributed by atoms with E-state index in [1.165, 1.54) is 148 Å². The van der Waals surface area contributed by atoms with Gasteiger partial charge in [-0.05, 0) is 37.0 Å². The maximum Gasteiger partial charge on any atom is 0.306 e. The Morgan fingerprint density at radius 1 is 0.339 bits per heavy atom. The first-order chi connectivity index (χ1) is 27.2. The third-order valence-electron chi connectivity index (χ3n) is 12.2. The molecule has 0 saturated carbocycles. The number of rotatable bonds is 43. The van der Waals surface area contributed by atoms with Crippen LogP contribution in [0.15, 0.2) is 0 Å². The predicted molar refractivity (Wildman–Crippen MR) is 238 cm³/mol. The van der Waals surface area contributed by atoms with Crippen molar-refractivity contribution in [2.75, 3.05) is 13.2 Å². The minimum atomic E-state index is -0.763. The molecule has 4 atom stereocenters. The Labute approximate surface area is 348 Å². The highest BCUT2D eigenvalue weighted by Gasteiger charge is 2.19. The van der Waals surface area contributed by atoms with Crippen molar-refractivity contribution in [3.8, 4) is 0 Å². The van der Waals surface area contributed by atoms with Crippen LogP contribution in [0.1, 0.15) is 266 Å². The molecule has 332 valence electrons. The average Bonchev–Trinajstić information content (AvgIpc) is 3.20. The van der Waals surface area contributed by atoms with Crippen LogP contribution in [0.5, 0.6) is 0 Å². The molecule has 0 amide bonds. The van der Waals surface area contributed by atoms with Gasteiger partial charge in [-0.1, -0.05) is 228 Å². The van der Waals surface area contributed by atoms with Crippen molar-refractivity contribution in [2.45, 2.75) is 272 Å². The third-order valence-corrected chi connectivity index (χ3v) is 12.2. The van der Waals surface area contributed by atoms with E-state index in [1.807, 2.05) is 0 Å². The van der Waals surface area contributed by atoms with Gasteiger partial charge in [-0.15, -0.1) is 0 Å². The van der Waals surface area contributed by atoms with Crippen molar-refractivity contribution >= 4 is 17.9 Å². The van der Waals surface area contributed by atoms with Crippen LogP contribution in [-0.4, -0.2) is 37.2 Å². The number of hydrogen-bond acceptors (Lipinski definition) is 6. The molecule has 0 aliphatic rings. The number of carbonyl (C=O) groups excluding carboxylic acids is 3. The first kappa shape index (κ1) is 54.4. The Morgan fingerprint density at radius 2 is 0.571 bits per heavy atom. The van der Waals surface area contributed by atoms with Gasteiger partial charge < -0.3 is 14.2 Å². The van der Waals surface area contributed by atoms with Gasteiger partial charge in [0.2, 0.25) is 0 Å². The standard InChI is InChI=1S/C50H96O6/c1-7-44(4)36-30-24-18-14-10-12-16-20-27-33-39-48(51)54-42-47(43-55-49(52)40-34-28-23-22-26-32-38-46(6)9-3)56-50(53)41-35-29-21-17-13-11-15-19-25-31-37-45(5)8-2/h44-47H,7-43H2,1-6H3/t44?,45?,46?,47-/m0/s1. The number of esters is 3. The zero-order valence-electron chi connectivity index (χ0n) is 38.4. The predicted octanol–water partition coefficient (Wildman–Crippen LogP) is 15.6. The Balaban J connectivity index is 4.35. The summed E-state index contributed by atoms with van der Waals surface area (Å²) in [7, 11) is 0. The first-order valence-corrected chi connectivity index (χ1v) is 24.7. The summed E-state index contributed by atoms with van der Waals surface area (Å²) in [5.74, 6) is 1.69. The summed E-state index contributed by atoms with van der Waals surface area (Å²) in [5.41, 5.74) is 0. The van der Waals surface area contributed by atoms with Gasteiger partial charge in [-0.2, -0.15) is 0 Å². The lowest BCUT2D eigenvalue weighted by atomic mass is 9.99. The second-order valence-electron chi connectivity index (χ2n) is 17.8. The van der Waals surface area contributed by atoms with Crippen LogP contribution in [0.25, 0.3) is 0 Å². The zero-order valence-corrected chi connectivity index (χ0v) is 38.4. The molecular weight excluding hydrogens is 697 g/mol. The highest BCUT2D eigenvalue weighted by molar-refractivity contribution is 5.71. The van der Waals surface area contributed by atoms with Crippen LogP contribution in [-0.2, 0) is 28.6 Å². The average molecular weight is 793 g/mol. The lowest BCUT2D eigenvalue weighted by molar-refractivity contribution is -0.167. The second-order valence-corrected chi connectivity index (χ2v) is 17.8. The maximum atomic E-state index is 12.8. The lowest BCUT2D eigenvalue weighted by Crippen LogP contribution is -2.30. The Morgan fingerprint density at radius 3 is 0.839 bits per heavy atom. The quantitative estimate of drug-likeness (QED) is 0.0348. The van der Waals surface area contributed by atoms with E-state index < -0.39 is 6.10 Å². The Hall–Kier alpha value is -1.59. The van der Waals surface area contributed by atoms with Crippen LogP contribution >= 0.6 is 0 Å². The smallest absolute Gasteiger partial charge is 0.306 e. The molecule has 0 spiro atoms. The third kappa shape index (κ3) is 39.2. The summed E-state index contributed by atoms with van der Waals surface area (Å²) in [6, 6.07) is 0. The molecule has 0 aromatic carbocycles. The van der Waals surface area contributed by atoms with Crippen LogP contribution in [0.2, 0.25) is 0 Å². The van der Waals surface area contributed by atoms with Crippen molar-refractivity contribution in [3.63, 3.8) is 0 Å². The molecule has 0 saturated heterocycles. The van der Waals surface area contributed by atoms with E-state index in [0.29, 0.717) is 19.3 Å². The number of hydrogen-bond donors (Lipinski definition) is 0. The summed E-state index contributed by atoms with van der Waals surface area (Å²) in [6.07, 6.45) is 39.3. The van der Waals surface area contributed by atoms with E-state index in [2.05, 4.69) is 41.5 Å². The summed E-state index contributed by atoms with van der Waals surface area (Å²) in [6.45, 7) is 13.7. The minimum Gasteiger partial charge on any atom is -0.462 e. The molecule has 6 heteroatoms. The van der Waals surface area contributed by atoms with Crippen LogP contribution in [0, 0.1) is 17.8 Å². The summed E-state index contributed by atoms with van der Waals surface area (Å²) < 4.78 is 16.8. The van der Waals surface area contributed by atoms with Crippen LogP contribution < -0.4 is 0 Å². The molecule has 0 N–H and O–H groups in total. The summed E-state index contributed by atoms with van der Waals surface area (Å²) in [5, 5.41) is 0. The van der Waals surface area contributed by atoms with Crippen LogP contribution in [0.4, 0.5) is 0 Å². The fourth-order valence-electron chi connectivity index (χ4n) is 7.31. The van der Waals surface area contributed by atoms with Crippen molar-refractivity contribution in [3.05, 3.63) is 0 Å². The van der Waals surface area contributed by atoms with Gasteiger partial charge >= 0.3 is 17.9 Å². The molecule has 0 rings (SSSR count). The molecule has 0 radical (unpaired) electrons. The molecule has 0 aromatic heterocycles. The Kier molecular flexibility index (Phi) is 40.4. The van der Waals surface area contributed by atoms with E-state index in [0.717, 1.165) is 75.5 Å². The molecule has 6 nitrogen and oxygen atoms in total. The number of ether oxygens (including phenoxy) is 3. The van der Waals surface area contributed by atoms with E-state index in [4.69, 9.17) is 14.2 Å². The summed E-state index contributed by atoms with van der Waals surface area (Å²) >= 11 is 0. The first-order valence-electron chi connectivity index (χ1n) is 24.7. The minimum absolute atomic E-state index is 0.0660. The lowest BCUT2D eigenvalue weighted by Gasteiger charge is -2.18. The fourth-order valence-corrected chi connectivity index (χ4v) is 7.31. The fraction of sp³-hybridized carbons (Fsp3) is 0.940. The Bertz CT molecular complexity index is 874. The van der Waals surface area contributed by atoms with E-state index in [9.17, 15) is 14.4 Å². The van der Waals surface area contributed by atoms with Gasteiger partial charge in [0.05, 0.1) is 0 Å². The van der Waals surface area contributed by atoms with E-state index in [-0.39, 0.29) is 31.1 Å². The SMILES string of the molecule is CCC(C)CCCCCCCCCCCCC(=O)OC[C@@H](COC(=O)CCCCCCCCC(C)CC)OC(=O)CCCCCCCCCCCCC(C)CC. The van der Waals surface area contributed by atoms with Gasteiger partial charge in [0.25, 0.3) is 0 Å². The van der Waals surface area contributed by atoms with E-state index in [1.54, 1.807) is 0 Å². The van der Waals surface area contributed by atoms with Crippen molar-refractivity contribution in [1.82, 2.24) is 0 Å². The number of unbranched alkanes of at least 4 members (excludes halogenated alkanes) is 23. The normalized spacial score (nSPS) is 13.6. The summed E-state index contributed by atoms with van der Waals surface area (Å²) in [4.78, 5) is 37.8. The molecule has 0 bridgehead atoms. The van der Waals surface area contributed by atoms with Crippen molar-refractivity contribution < 1.29 is 28.6 Å². The number of carbonyl (C=O) groups is 3. The monoisotopic (exact) mass is 793 g/mol. The van der Waals surface area contributed by atoms with Crippen molar-refractivity contribution in [1.29, 1.82) is 0 Å². The highest BCUT2D eigenvalue weighted by Crippen LogP contribution is 2.18. The van der Waals surface area contributed by atoms with Crippen molar-refractivity contribution in [2.24, 2.45) is 17.8 Å². The van der Waals surface area contributed by atoms with Gasteiger partial charge in [0.1, 0.15) is 13.2 Å². The van der Waals surface area contributed by atoms with Gasteiger partial charge in [0.15, 0.2) is 6.10 Å². The van der Waals surface area contributed by atoms with Crippen LogP contribution in [0.3, 0.4) is 0 Å². The second kappa shape index (κ2) is 41.6. The van der Waals surface area contributed by atoms with Gasteiger partial charge in [0, 0.05) is 19.3 Å². The van der Waals surface area contributed by atoms with Gasteiger partial charge in [-0.25, -0.2) is 0 Å². The zero-order chi connectivity index (χ0) is 41.3. The molecular formula is C50H96O6. The highest BCUT2D eigenvalue weighted by atomic mass is 16.6. The van der Waals surface area contributed by atoms with E-state index >= 15 is 0 Å². The molecule has 0 aliphatic carbocycles. The topological polar surface area (TPSA) is 78.9 Å². The molecule has 0 aromatic rings.